The van der Waals surface area contributed by atoms with E-state index in [-0.39, 0.29) is 0 Å². The van der Waals surface area contributed by atoms with Crippen LogP contribution < -0.4 is 10.4 Å². The van der Waals surface area contributed by atoms with Crippen molar-refractivity contribution in [2.75, 3.05) is 0 Å². The van der Waals surface area contributed by atoms with Crippen molar-refractivity contribution < 1.29 is 0 Å². The van der Waals surface area contributed by atoms with Gasteiger partial charge in [-0.2, -0.15) is 0 Å². The summed E-state index contributed by atoms with van der Waals surface area (Å²) in [6, 6.07) is 50.2. The number of hydrogen-bond donors (Lipinski definition) is 0. The third kappa shape index (κ3) is 6.44. The molecule has 0 aliphatic rings. The molecule has 0 atom stereocenters. The molecule has 8 rings (SSSR count). The van der Waals surface area contributed by atoms with E-state index in [0.29, 0.717) is 0 Å². The van der Waals surface area contributed by atoms with Crippen LogP contribution in [0.15, 0.2) is 127 Å². The zero-order valence-corrected chi connectivity index (χ0v) is 35.7. The highest BCUT2D eigenvalue weighted by Crippen LogP contribution is 2.48. The van der Waals surface area contributed by atoms with Gasteiger partial charge in [0.1, 0.15) is 0 Å². The number of rotatable bonds is 9. The van der Waals surface area contributed by atoms with Crippen molar-refractivity contribution in [3.8, 4) is 44.5 Å². The highest BCUT2D eigenvalue weighted by molar-refractivity contribution is 6.91. The third-order valence-electron chi connectivity index (χ3n) is 11.9. The topological polar surface area (TPSA) is 0 Å². The molecular formula is C52H54Si2. The molecule has 0 aliphatic carbocycles. The summed E-state index contributed by atoms with van der Waals surface area (Å²) < 4.78 is 0. The van der Waals surface area contributed by atoms with Gasteiger partial charge < -0.3 is 0 Å². The van der Waals surface area contributed by atoms with Gasteiger partial charge in [-0.25, -0.2) is 0 Å². The molecule has 0 unspecified atom stereocenters. The fourth-order valence-electron chi connectivity index (χ4n) is 8.36. The summed E-state index contributed by atoms with van der Waals surface area (Å²) in [7, 11) is -3.22. The summed E-state index contributed by atoms with van der Waals surface area (Å²) in [5.74, 6) is 0. The Hall–Kier alpha value is -4.77. The number of benzene rings is 8. The predicted molar refractivity (Wildman–Crippen MR) is 246 cm³/mol. The molecule has 54 heavy (non-hydrogen) atoms. The molecule has 0 heterocycles. The molecule has 0 fully saturated rings. The highest BCUT2D eigenvalue weighted by Gasteiger charge is 2.26. The first-order valence-electron chi connectivity index (χ1n) is 20.1. The minimum Gasteiger partial charge on any atom is -0.0656 e. The van der Waals surface area contributed by atoms with Crippen LogP contribution in [0, 0.1) is 0 Å². The van der Waals surface area contributed by atoms with E-state index in [0.717, 1.165) is 19.3 Å². The summed E-state index contributed by atoms with van der Waals surface area (Å²) in [5, 5.41) is 11.2. The van der Waals surface area contributed by atoms with Crippen molar-refractivity contribution >= 4 is 58.8 Å². The molecule has 0 amide bonds. The first kappa shape index (κ1) is 36.2. The van der Waals surface area contributed by atoms with Crippen LogP contribution in [0.5, 0.6) is 0 Å². The van der Waals surface area contributed by atoms with Gasteiger partial charge in [-0.15, -0.1) is 0 Å². The molecule has 8 aromatic carbocycles. The van der Waals surface area contributed by atoms with Crippen molar-refractivity contribution in [2.45, 2.75) is 79.3 Å². The second kappa shape index (κ2) is 13.8. The Balaban J connectivity index is 1.54. The molecule has 0 aliphatic heterocycles. The summed E-state index contributed by atoms with van der Waals surface area (Å²) in [6.07, 6.45) is 3.12. The van der Waals surface area contributed by atoms with Crippen LogP contribution in [0.4, 0.5) is 0 Å². The Morgan fingerprint density at radius 2 is 0.593 bits per heavy atom. The van der Waals surface area contributed by atoms with E-state index in [1.807, 2.05) is 0 Å². The van der Waals surface area contributed by atoms with E-state index in [9.17, 15) is 0 Å². The van der Waals surface area contributed by atoms with Crippen molar-refractivity contribution in [2.24, 2.45) is 0 Å². The molecule has 2 heteroatoms. The van der Waals surface area contributed by atoms with E-state index in [4.69, 9.17) is 0 Å². The average molecular weight is 735 g/mol. The first-order valence-corrected chi connectivity index (χ1v) is 27.1. The molecule has 0 saturated heterocycles. The van der Waals surface area contributed by atoms with Gasteiger partial charge in [0, 0.05) is 0 Å². The van der Waals surface area contributed by atoms with Crippen LogP contribution >= 0.6 is 0 Å². The average Bonchev–Trinajstić information content (AvgIpc) is 3.18. The van der Waals surface area contributed by atoms with Gasteiger partial charge in [-0.05, 0) is 125 Å². The molecule has 0 saturated carbocycles. The Morgan fingerprint density at radius 3 is 0.852 bits per heavy atom. The largest absolute Gasteiger partial charge is 0.0776 e. The number of hydrogen-bond acceptors (Lipinski definition) is 0. The molecule has 0 bridgehead atoms. The molecule has 0 aromatic heterocycles. The van der Waals surface area contributed by atoms with Crippen LogP contribution in [-0.2, 0) is 19.3 Å². The minimum atomic E-state index is -1.61. The minimum absolute atomic E-state index is 1.04. The lowest BCUT2D eigenvalue weighted by molar-refractivity contribution is 1.14. The van der Waals surface area contributed by atoms with E-state index >= 15 is 0 Å². The van der Waals surface area contributed by atoms with E-state index in [1.54, 1.807) is 10.4 Å². The smallest absolute Gasteiger partial charge is 0.0656 e. The Kier molecular flexibility index (Phi) is 9.27. The lowest BCUT2D eigenvalue weighted by atomic mass is 9.81. The van der Waals surface area contributed by atoms with Gasteiger partial charge in [0.05, 0.1) is 16.1 Å². The van der Waals surface area contributed by atoms with Crippen molar-refractivity contribution in [1.82, 2.24) is 0 Å². The van der Waals surface area contributed by atoms with Gasteiger partial charge in [0.25, 0.3) is 0 Å². The van der Waals surface area contributed by atoms with Gasteiger partial charge in [-0.1, -0.05) is 186 Å². The lowest BCUT2D eigenvalue weighted by Crippen LogP contribution is -2.45. The second-order valence-corrected chi connectivity index (χ2v) is 27.6. The molecule has 8 aromatic rings. The third-order valence-corrected chi connectivity index (χ3v) is 15.9. The van der Waals surface area contributed by atoms with Crippen LogP contribution in [0.2, 0.25) is 39.3 Å². The van der Waals surface area contributed by atoms with Crippen LogP contribution in [-0.4, -0.2) is 16.1 Å². The first-order chi connectivity index (χ1) is 25.9. The standard InChI is InChI=1S/C52H54Si2/c1-10-34-13-19-37(20-14-34)47-32-48(38-21-15-35(11-2)16-22-38)44-27-28-46-50(40-29-41(53(4,5)6)31-42(30-40)54(7,8)9)33-49(39-23-17-36(12-3)18-24-39)45-26-25-43(47)51(44)52(45)46/h13-33H,10-12H2,1-9H3. The molecule has 0 radical (unpaired) electrons. The monoisotopic (exact) mass is 734 g/mol. The molecular weight excluding hydrogens is 681 g/mol. The molecule has 0 spiro atoms. The quantitative estimate of drug-likeness (QED) is 0.102. The predicted octanol–water partition coefficient (Wildman–Crippen LogP) is 14.0. The van der Waals surface area contributed by atoms with Gasteiger partial charge in [0.15, 0.2) is 0 Å². The van der Waals surface area contributed by atoms with Gasteiger partial charge in [-0.3, -0.25) is 0 Å². The van der Waals surface area contributed by atoms with Gasteiger partial charge in [0.2, 0.25) is 0 Å². The van der Waals surface area contributed by atoms with Crippen LogP contribution in [0.1, 0.15) is 37.5 Å². The fourth-order valence-corrected chi connectivity index (χ4v) is 10.9. The molecule has 270 valence electrons. The zero-order chi connectivity index (χ0) is 37.9. The second-order valence-electron chi connectivity index (χ2n) is 17.5. The van der Waals surface area contributed by atoms with Crippen molar-refractivity contribution in [1.29, 1.82) is 0 Å². The normalized spacial score (nSPS) is 12.4. The summed E-state index contributed by atoms with van der Waals surface area (Å²) in [5.41, 5.74) is 14.6. The highest BCUT2D eigenvalue weighted by atomic mass is 28.3. The van der Waals surface area contributed by atoms with Crippen LogP contribution in [0.3, 0.4) is 0 Å². The van der Waals surface area contributed by atoms with Crippen molar-refractivity contribution in [3.05, 3.63) is 144 Å². The summed E-state index contributed by atoms with van der Waals surface area (Å²) in [6.45, 7) is 21.7. The maximum Gasteiger partial charge on any atom is 0.0776 e. The Morgan fingerprint density at radius 1 is 0.315 bits per heavy atom. The summed E-state index contributed by atoms with van der Waals surface area (Å²) >= 11 is 0. The van der Waals surface area contributed by atoms with Gasteiger partial charge >= 0.3 is 0 Å². The maximum absolute atomic E-state index is 2.56. The fraction of sp³-hybridized carbons (Fsp3) is 0.231. The SMILES string of the molecule is CCc1ccc(-c2cc(-c3ccc(CC)cc3)c3ccc4c(-c5cc([Si](C)(C)C)cc([Si](C)(C)C)c5)cc(-c5ccc(CC)cc5)c5ccc2c3c54)cc1. The molecule has 0 N–H and O–H groups in total. The maximum atomic E-state index is 2.56. The Bertz CT molecular complexity index is 2530. The van der Waals surface area contributed by atoms with E-state index in [2.05, 4.69) is 187 Å². The van der Waals surface area contributed by atoms with Crippen LogP contribution in [0.25, 0.3) is 76.8 Å². The summed E-state index contributed by atoms with van der Waals surface area (Å²) in [4.78, 5) is 0. The van der Waals surface area contributed by atoms with Crippen molar-refractivity contribution in [3.63, 3.8) is 0 Å². The molecule has 0 nitrogen and oxygen atoms in total. The van der Waals surface area contributed by atoms with E-state index < -0.39 is 16.1 Å². The number of aryl methyl sites for hydroxylation is 3. The Labute approximate surface area is 325 Å². The zero-order valence-electron chi connectivity index (χ0n) is 33.7. The lowest BCUT2D eigenvalue weighted by Gasteiger charge is -2.26. The van der Waals surface area contributed by atoms with E-state index in [1.165, 1.54) is 93.5 Å².